The quantitative estimate of drug-likeness (QED) is 0.651. The van der Waals surface area contributed by atoms with E-state index in [1.807, 2.05) is 0 Å². The van der Waals surface area contributed by atoms with Crippen LogP contribution in [0.4, 0.5) is 0 Å². The Hall–Kier alpha value is -0.940. The van der Waals surface area contributed by atoms with Crippen LogP contribution in [-0.4, -0.2) is 59.2 Å². The highest BCUT2D eigenvalue weighted by molar-refractivity contribution is 5.38. The van der Waals surface area contributed by atoms with Crippen molar-refractivity contribution in [2.75, 3.05) is 26.3 Å². The molecule has 1 saturated heterocycles. The molecule has 4 heteroatoms. The summed E-state index contributed by atoms with van der Waals surface area (Å²) in [5, 5.41) is 20.3. The molecule has 2 N–H and O–H groups in total. The fourth-order valence-corrected chi connectivity index (χ4v) is 7.38. The van der Waals surface area contributed by atoms with Gasteiger partial charge in [-0.15, -0.1) is 0 Å². The van der Waals surface area contributed by atoms with E-state index in [0.29, 0.717) is 30.1 Å². The molecule has 0 aromatic rings. The summed E-state index contributed by atoms with van der Waals surface area (Å²) in [6.07, 6.45) is 10.8. The molecule has 4 rings (SSSR count). The number of allylic oxidation sites excluding steroid dienone is 3. The standard InChI is InChI=1S/C28H45NO3/c1-19(17-29-13-14-32-18-27(29,3)4)24-10-11-25-21(7-6-12-28(24,25)5)8-9-22-15-23(30)16-26(31)20(22)2/h8-9,19,23-26,30-31H,2,6-7,10-18H2,1,3-5H3/t19?,23-,24-,25+,26-,28-/m1/s1. The van der Waals surface area contributed by atoms with E-state index in [9.17, 15) is 10.2 Å². The van der Waals surface area contributed by atoms with Gasteiger partial charge in [0.05, 0.1) is 25.4 Å². The lowest BCUT2D eigenvalue weighted by molar-refractivity contribution is -0.0638. The average molecular weight is 444 g/mol. The van der Waals surface area contributed by atoms with Crippen LogP contribution in [0.25, 0.3) is 0 Å². The molecular formula is C28H45NO3. The topological polar surface area (TPSA) is 52.9 Å². The van der Waals surface area contributed by atoms with Gasteiger partial charge in [-0.25, -0.2) is 0 Å². The Morgan fingerprint density at radius 1 is 1.22 bits per heavy atom. The van der Waals surface area contributed by atoms with Gasteiger partial charge in [0.2, 0.25) is 0 Å². The van der Waals surface area contributed by atoms with Crippen molar-refractivity contribution in [2.24, 2.45) is 23.2 Å². The fraction of sp³-hybridized carbons (Fsp3) is 0.786. The van der Waals surface area contributed by atoms with Gasteiger partial charge in [0, 0.05) is 25.0 Å². The normalized spacial score (nSPS) is 41.8. The first kappa shape index (κ1) is 24.2. The van der Waals surface area contributed by atoms with Gasteiger partial charge in [-0.05, 0) is 86.7 Å². The molecule has 6 atom stereocenters. The third kappa shape index (κ3) is 4.66. The number of hydrogen-bond acceptors (Lipinski definition) is 4. The monoisotopic (exact) mass is 443 g/mol. The highest BCUT2D eigenvalue weighted by Crippen LogP contribution is 2.59. The van der Waals surface area contributed by atoms with E-state index in [1.165, 1.54) is 38.6 Å². The zero-order valence-electron chi connectivity index (χ0n) is 20.8. The van der Waals surface area contributed by atoms with E-state index >= 15 is 0 Å². The molecule has 4 fully saturated rings. The predicted octanol–water partition coefficient (Wildman–Crippen LogP) is 4.87. The van der Waals surface area contributed by atoms with E-state index in [4.69, 9.17) is 4.74 Å². The lowest BCUT2D eigenvalue weighted by Crippen LogP contribution is -2.55. The van der Waals surface area contributed by atoms with Crippen molar-refractivity contribution in [1.82, 2.24) is 4.90 Å². The number of aliphatic hydroxyl groups is 2. The van der Waals surface area contributed by atoms with Crippen LogP contribution in [0.3, 0.4) is 0 Å². The number of fused-ring (bicyclic) bond motifs is 1. The summed E-state index contributed by atoms with van der Waals surface area (Å²) in [7, 11) is 0. The van der Waals surface area contributed by atoms with Crippen LogP contribution < -0.4 is 0 Å². The summed E-state index contributed by atoms with van der Waals surface area (Å²) < 4.78 is 5.75. The fourth-order valence-electron chi connectivity index (χ4n) is 7.38. The summed E-state index contributed by atoms with van der Waals surface area (Å²) in [5.41, 5.74) is 3.90. The number of ether oxygens (including phenoxy) is 1. The summed E-state index contributed by atoms with van der Waals surface area (Å²) in [5.74, 6) is 2.10. The van der Waals surface area contributed by atoms with Crippen LogP contribution in [0.1, 0.15) is 72.6 Å². The minimum absolute atomic E-state index is 0.132. The van der Waals surface area contributed by atoms with Crippen molar-refractivity contribution in [2.45, 2.75) is 90.4 Å². The molecule has 0 aromatic heterocycles. The van der Waals surface area contributed by atoms with E-state index in [1.54, 1.807) is 5.57 Å². The Kier molecular flexibility index (Phi) is 7.08. The van der Waals surface area contributed by atoms with E-state index < -0.39 is 12.2 Å². The maximum absolute atomic E-state index is 10.2. The van der Waals surface area contributed by atoms with Crippen LogP contribution >= 0.6 is 0 Å². The molecule has 3 saturated carbocycles. The van der Waals surface area contributed by atoms with E-state index in [2.05, 4.69) is 51.3 Å². The van der Waals surface area contributed by atoms with Crippen LogP contribution in [0.15, 0.2) is 35.5 Å². The van der Waals surface area contributed by atoms with Crippen LogP contribution in [0, 0.1) is 23.2 Å². The van der Waals surface area contributed by atoms with Gasteiger partial charge in [-0.2, -0.15) is 0 Å². The van der Waals surface area contributed by atoms with Gasteiger partial charge in [-0.1, -0.05) is 38.2 Å². The third-order valence-corrected chi connectivity index (χ3v) is 9.31. The van der Waals surface area contributed by atoms with E-state index in [-0.39, 0.29) is 5.54 Å². The highest BCUT2D eigenvalue weighted by Gasteiger charge is 2.51. The average Bonchev–Trinajstić information content (AvgIpc) is 3.08. The number of aliphatic hydroxyl groups excluding tert-OH is 2. The first-order valence-corrected chi connectivity index (χ1v) is 12.9. The minimum atomic E-state index is -0.610. The largest absolute Gasteiger partial charge is 0.393 e. The zero-order chi connectivity index (χ0) is 23.1. The second-order valence-electron chi connectivity index (χ2n) is 12.0. The van der Waals surface area contributed by atoms with Crippen LogP contribution in [0.2, 0.25) is 0 Å². The van der Waals surface area contributed by atoms with Crippen LogP contribution in [-0.2, 0) is 4.74 Å². The second kappa shape index (κ2) is 9.37. The Bertz CT molecular complexity index is 769. The van der Waals surface area contributed by atoms with Gasteiger partial charge >= 0.3 is 0 Å². The molecule has 1 aliphatic heterocycles. The number of morpholine rings is 1. The lowest BCUT2D eigenvalue weighted by atomic mass is 9.61. The number of hydrogen-bond donors (Lipinski definition) is 2. The highest BCUT2D eigenvalue weighted by atomic mass is 16.5. The lowest BCUT2D eigenvalue weighted by Gasteiger charge is -2.48. The summed E-state index contributed by atoms with van der Waals surface area (Å²) in [6.45, 7) is 17.7. The van der Waals surface area contributed by atoms with Gasteiger partial charge in [0.15, 0.2) is 0 Å². The number of rotatable bonds is 4. The summed E-state index contributed by atoms with van der Waals surface area (Å²) in [6, 6.07) is 0. The first-order chi connectivity index (χ1) is 15.1. The molecule has 0 spiro atoms. The van der Waals surface area contributed by atoms with Gasteiger partial charge in [0.25, 0.3) is 0 Å². The number of nitrogens with zero attached hydrogens (tertiary/aromatic N) is 1. The van der Waals surface area contributed by atoms with Gasteiger partial charge in [0.1, 0.15) is 0 Å². The van der Waals surface area contributed by atoms with Gasteiger partial charge < -0.3 is 14.9 Å². The first-order valence-electron chi connectivity index (χ1n) is 12.9. The molecule has 4 aliphatic rings. The molecule has 1 unspecified atom stereocenters. The summed E-state index contributed by atoms with van der Waals surface area (Å²) in [4.78, 5) is 2.66. The van der Waals surface area contributed by atoms with Crippen molar-refractivity contribution in [1.29, 1.82) is 0 Å². The molecule has 4 nitrogen and oxygen atoms in total. The van der Waals surface area contributed by atoms with Crippen molar-refractivity contribution in [3.63, 3.8) is 0 Å². The van der Waals surface area contributed by atoms with Crippen molar-refractivity contribution in [3.8, 4) is 0 Å². The third-order valence-electron chi connectivity index (χ3n) is 9.31. The Labute approximate surface area is 195 Å². The molecule has 3 aliphatic carbocycles. The van der Waals surface area contributed by atoms with Crippen molar-refractivity contribution < 1.29 is 14.9 Å². The van der Waals surface area contributed by atoms with Gasteiger partial charge in [-0.3, -0.25) is 4.90 Å². The molecule has 1 heterocycles. The summed E-state index contributed by atoms with van der Waals surface area (Å²) >= 11 is 0. The molecule has 0 radical (unpaired) electrons. The molecule has 32 heavy (non-hydrogen) atoms. The SMILES string of the molecule is C=C1C(=CC=C2CCC[C@]3(C)[C@@H](C(C)CN4CCOCC4(C)C)CC[C@@H]23)C[C@@H](O)C[C@H]1O. The minimum Gasteiger partial charge on any atom is -0.393 e. The molecule has 0 bridgehead atoms. The van der Waals surface area contributed by atoms with Crippen molar-refractivity contribution in [3.05, 3.63) is 35.5 Å². The molecule has 0 aromatic carbocycles. The second-order valence-corrected chi connectivity index (χ2v) is 12.0. The Morgan fingerprint density at radius 2 is 2.00 bits per heavy atom. The van der Waals surface area contributed by atoms with Crippen molar-refractivity contribution >= 4 is 0 Å². The maximum atomic E-state index is 10.2. The predicted molar refractivity (Wildman–Crippen MR) is 130 cm³/mol. The smallest absolute Gasteiger partial charge is 0.0811 e. The Balaban J connectivity index is 1.48. The molecule has 0 amide bonds. The molecule has 180 valence electrons. The van der Waals surface area contributed by atoms with Crippen LogP contribution in [0.5, 0.6) is 0 Å². The van der Waals surface area contributed by atoms with E-state index in [0.717, 1.165) is 36.8 Å². The zero-order valence-corrected chi connectivity index (χ0v) is 20.8. The molecular weight excluding hydrogens is 398 g/mol. The maximum Gasteiger partial charge on any atom is 0.0811 e. The Morgan fingerprint density at radius 3 is 2.75 bits per heavy atom.